The van der Waals surface area contributed by atoms with E-state index in [0.717, 1.165) is 16.7 Å². The van der Waals surface area contributed by atoms with Crippen LogP contribution in [0.2, 0.25) is 5.02 Å². The van der Waals surface area contributed by atoms with Crippen LogP contribution < -0.4 is 0 Å². The van der Waals surface area contributed by atoms with Gasteiger partial charge in [0.15, 0.2) is 5.78 Å². The lowest BCUT2D eigenvalue weighted by molar-refractivity contribution is 0.103. The Kier molecular flexibility index (Phi) is 3.53. The lowest BCUT2D eigenvalue weighted by Gasteiger charge is -2.09. The van der Waals surface area contributed by atoms with Crippen LogP contribution in [-0.2, 0) is 0 Å². The number of carbonyl (C=O) groups excluding carboxylic acids is 1. The first-order valence-corrected chi connectivity index (χ1v) is 6.25. The third kappa shape index (κ3) is 2.46. The molecular weight excluding hydrogens is 244 g/mol. The number of carbonyl (C=O) groups is 1. The minimum absolute atomic E-state index is 0.0484. The van der Waals surface area contributed by atoms with Crippen molar-refractivity contribution in [2.75, 3.05) is 0 Å². The smallest absolute Gasteiger partial charge is 0.193 e. The number of benzene rings is 2. The number of ketones is 1. The summed E-state index contributed by atoms with van der Waals surface area (Å²) in [6, 6.07) is 11.0. The van der Waals surface area contributed by atoms with Crippen molar-refractivity contribution in [2.45, 2.75) is 20.8 Å². The fraction of sp³-hybridized carbons (Fsp3) is 0.188. The zero-order valence-electron chi connectivity index (χ0n) is 10.8. The first kappa shape index (κ1) is 12.8. The van der Waals surface area contributed by atoms with Gasteiger partial charge in [-0.3, -0.25) is 4.79 Å². The van der Waals surface area contributed by atoms with E-state index < -0.39 is 0 Å². The molecule has 0 aromatic heterocycles. The summed E-state index contributed by atoms with van der Waals surface area (Å²) in [5.41, 5.74) is 4.79. The molecule has 1 nitrogen and oxygen atoms in total. The third-order valence-corrected chi connectivity index (χ3v) is 3.44. The van der Waals surface area contributed by atoms with Gasteiger partial charge in [-0.25, -0.2) is 0 Å². The van der Waals surface area contributed by atoms with Gasteiger partial charge in [-0.1, -0.05) is 17.7 Å². The second-order valence-corrected chi connectivity index (χ2v) is 5.02. The van der Waals surface area contributed by atoms with Crippen LogP contribution in [0.15, 0.2) is 36.4 Å². The van der Waals surface area contributed by atoms with Crippen molar-refractivity contribution in [3.63, 3.8) is 0 Å². The van der Waals surface area contributed by atoms with E-state index in [4.69, 9.17) is 11.6 Å². The molecule has 0 atom stereocenters. The minimum atomic E-state index is 0.0484. The van der Waals surface area contributed by atoms with Crippen molar-refractivity contribution >= 4 is 17.4 Å². The fourth-order valence-electron chi connectivity index (χ4n) is 1.96. The summed E-state index contributed by atoms with van der Waals surface area (Å²) in [4.78, 5) is 12.4. The lowest BCUT2D eigenvalue weighted by Crippen LogP contribution is -2.04. The quantitative estimate of drug-likeness (QED) is 0.725. The number of aryl methyl sites for hydroxylation is 3. The van der Waals surface area contributed by atoms with Crippen LogP contribution in [0, 0.1) is 20.8 Å². The average Bonchev–Trinajstić information content (AvgIpc) is 2.34. The standard InChI is InChI=1S/C16H15ClO/c1-10-8-12(3)15(9-11(10)2)16(18)13-4-6-14(17)7-5-13/h4-9H,1-3H3. The Morgan fingerprint density at radius 1 is 0.889 bits per heavy atom. The summed E-state index contributed by atoms with van der Waals surface area (Å²) in [7, 11) is 0. The predicted octanol–water partition coefficient (Wildman–Crippen LogP) is 4.50. The Balaban J connectivity index is 2.46. The van der Waals surface area contributed by atoms with E-state index in [-0.39, 0.29) is 5.78 Å². The highest BCUT2D eigenvalue weighted by atomic mass is 35.5. The highest BCUT2D eigenvalue weighted by Crippen LogP contribution is 2.20. The van der Waals surface area contributed by atoms with Crippen molar-refractivity contribution in [1.82, 2.24) is 0 Å². The monoisotopic (exact) mass is 258 g/mol. The Bertz CT molecular complexity index is 597. The molecule has 0 heterocycles. The van der Waals surface area contributed by atoms with Gasteiger partial charge in [-0.05, 0) is 67.8 Å². The van der Waals surface area contributed by atoms with Crippen molar-refractivity contribution in [1.29, 1.82) is 0 Å². The zero-order valence-corrected chi connectivity index (χ0v) is 11.5. The predicted molar refractivity (Wildman–Crippen MR) is 75.5 cm³/mol. The number of halogens is 1. The Labute approximate surface area is 112 Å². The van der Waals surface area contributed by atoms with E-state index in [0.29, 0.717) is 10.6 Å². The first-order chi connectivity index (χ1) is 8.49. The topological polar surface area (TPSA) is 17.1 Å². The molecule has 0 amide bonds. The molecule has 92 valence electrons. The molecule has 2 aromatic carbocycles. The maximum absolute atomic E-state index is 12.4. The summed E-state index contributed by atoms with van der Waals surface area (Å²) in [6.45, 7) is 6.04. The normalized spacial score (nSPS) is 10.4. The van der Waals surface area contributed by atoms with E-state index in [1.165, 1.54) is 5.56 Å². The molecule has 18 heavy (non-hydrogen) atoms. The van der Waals surface area contributed by atoms with E-state index in [1.807, 2.05) is 19.9 Å². The summed E-state index contributed by atoms with van der Waals surface area (Å²) in [5, 5.41) is 0.642. The van der Waals surface area contributed by atoms with E-state index in [9.17, 15) is 4.79 Å². The first-order valence-electron chi connectivity index (χ1n) is 5.87. The molecule has 0 spiro atoms. The average molecular weight is 259 g/mol. The van der Waals surface area contributed by atoms with Crippen LogP contribution in [-0.4, -0.2) is 5.78 Å². The van der Waals surface area contributed by atoms with Crippen LogP contribution in [0.4, 0.5) is 0 Å². The molecule has 0 N–H and O–H groups in total. The summed E-state index contributed by atoms with van der Waals surface area (Å²) in [5.74, 6) is 0.0484. The third-order valence-electron chi connectivity index (χ3n) is 3.19. The maximum Gasteiger partial charge on any atom is 0.193 e. The van der Waals surface area contributed by atoms with Crippen LogP contribution in [0.3, 0.4) is 0 Å². The van der Waals surface area contributed by atoms with Crippen molar-refractivity contribution in [3.05, 3.63) is 69.2 Å². The van der Waals surface area contributed by atoms with Gasteiger partial charge in [-0.2, -0.15) is 0 Å². The van der Waals surface area contributed by atoms with Gasteiger partial charge in [0.25, 0.3) is 0 Å². The van der Waals surface area contributed by atoms with E-state index >= 15 is 0 Å². The van der Waals surface area contributed by atoms with Gasteiger partial charge in [-0.15, -0.1) is 0 Å². The molecule has 0 saturated carbocycles. The molecular formula is C16H15ClO. The number of hydrogen-bond donors (Lipinski definition) is 0. The van der Waals surface area contributed by atoms with Crippen molar-refractivity contribution in [2.24, 2.45) is 0 Å². The molecule has 0 unspecified atom stereocenters. The van der Waals surface area contributed by atoms with Gasteiger partial charge >= 0.3 is 0 Å². The largest absolute Gasteiger partial charge is 0.289 e. The van der Waals surface area contributed by atoms with Gasteiger partial charge in [0.2, 0.25) is 0 Å². The Morgan fingerprint density at radius 3 is 2.06 bits per heavy atom. The van der Waals surface area contributed by atoms with Crippen molar-refractivity contribution in [3.8, 4) is 0 Å². The van der Waals surface area contributed by atoms with Crippen LogP contribution >= 0.6 is 11.6 Å². The lowest BCUT2D eigenvalue weighted by atomic mass is 9.95. The molecule has 0 aliphatic carbocycles. The van der Waals surface area contributed by atoms with Crippen molar-refractivity contribution < 1.29 is 4.79 Å². The van der Waals surface area contributed by atoms with Crippen LogP contribution in [0.25, 0.3) is 0 Å². The SMILES string of the molecule is Cc1cc(C)c(C(=O)c2ccc(Cl)cc2)cc1C. The second-order valence-electron chi connectivity index (χ2n) is 4.59. The number of hydrogen-bond acceptors (Lipinski definition) is 1. The summed E-state index contributed by atoms with van der Waals surface area (Å²) < 4.78 is 0. The van der Waals surface area contributed by atoms with Crippen LogP contribution in [0.5, 0.6) is 0 Å². The summed E-state index contributed by atoms with van der Waals surface area (Å²) >= 11 is 5.83. The molecule has 0 fully saturated rings. The van der Waals surface area contributed by atoms with Gasteiger partial charge in [0, 0.05) is 16.1 Å². The molecule has 2 rings (SSSR count). The highest BCUT2D eigenvalue weighted by molar-refractivity contribution is 6.30. The van der Waals surface area contributed by atoms with Gasteiger partial charge in [0.05, 0.1) is 0 Å². The molecule has 0 radical (unpaired) electrons. The van der Waals surface area contributed by atoms with E-state index in [1.54, 1.807) is 24.3 Å². The molecule has 0 aliphatic rings. The minimum Gasteiger partial charge on any atom is -0.289 e. The molecule has 0 aliphatic heterocycles. The number of rotatable bonds is 2. The maximum atomic E-state index is 12.4. The summed E-state index contributed by atoms with van der Waals surface area (Å²) in [6.07, 6.45) is 0. The zero-order chi connectivity index (χ0) is 13.3. The Hall–Kier alpha value is -1.60. The highest BCUT2D eigenvalue weighted by Gasteiger charge is 2.12. The Morgan fingerprint density at radius 2 is 1.44 bits per heavy atom. The van der Waals surface area contributed by atoms with Crippen LogP contribution in [0.1, 0.15) is 32.6 Å². The molecule has 2 aromatic rings. The van der Waals surface area contributed by atoms with Gasteiger partial charge in [0.1, 0.15) is 0 Å². The molecule has 0 saturated heterocycles. The molecule has 0 bridgehead atoms. The van der Waals surface area contributed by atoms with E-state index in [2.05, 4.69) is 13.0 Å². The van der Waals surface area contributed by atoms with Gasteiger partial charge < -0.3 is 0 Å². The second kappa shape index (κ2) is 4.95. The molecule has 2 heteroatoms. The fourth-order valence-corrected chi connectivity index (χ4v) is 2.09.